The summed E-state index contributed by atoms with van der Waals surface area (Å²) in [7, 11) is 0. The second-order valence-electron chi connectivity index (χ2n) is 5.16. The lowest BCUT2D eigenvalue weighted by Gasteiger charge is -2.27. The fourth-order valence-corrected chi connectivity index (χ4v) is 4.12. The van der Waals surface area contributed by atoms with Gasteiger partial charge in [-0.2, -0.15) is 11.8 Å². The number of amides is 2. The fourth-order valence-electron chi connectivity index (χ4n) is 2.13. The van der Waals surface area contributed by atoms with Gasteiger partial charge in [-0.15, -0.1) is 11.3 Å². The van der Waals surface area contributed by atoms with Gasteiger partial charge in [0, 0.05) is 35.9 Å². The quantitative estimate of drug-likeness (QED) is 0.933. The summed E-state index contributed by atoms with van der Waals surface area (Å²) in [6.45, 7) is 3.73. The Kier molecular flexibility index (Phi) is 3.98. The molecule has 1 saturated heterocycles. The third kappa shape index (κ3) is 3.23. The highest BCUT2D eigenvalue weighted by atomic mass is 32.2. The maximum atomic E-state index is 12.1. The second kappa shape index (κ2) is 5.71. The van der Waals surface area contributed by atoms with E-state index in [2.05, 4.69) is 15.7 Å². The van der Waals surface area contributed by atoms with E-state index in [1.54, 1.807) is 11.3 Å². The number of carbonyl (C=O) groups excluding carboxylic acids is 1. The minimum absolute atomic E-state index is 0.00540. The highest BCUT2D eigenvalue weighted by Crippen LogP contribution is 2.41. The Morgan fingerprint density at radius 1 is 1.47 bits per heavy atom. The topological polar surface area (TPSA) is 45.2 Å². The molecular weight excluding hydrogens is 278 g/mol. The van der Waals surface area contributed by atoms with Crippen LogP contribution in [0.15, 0.2) is 5.38 Å². The molecule has 2 amide bonds. The van der Waals surface area contributed by atoms with Crippen molar-refractivity contribution < 1.29 is 4.79 Å². The number of thioether (sulfide) groups is 1. The van der Waals surface area contributed by atoms with Gasteiger partial charge in [-0.1, -0.05) is 0 Å². The molecule has 0 spiro atoms. The highest BCUT2D eigenvalue weighted by molar-refractivity contribution is 7.99. The van der Waals surface area contributed by atoms with Crippen LogP contribution in [0.4, 0.5) is 4.79 Å². The summed E-state index contributed by atoms with van der Waals surface area (Å²) in [5, 5.41) is 6.39. The van der Waals surface area contributed by atoms with Crippen LogP contribution in [0.5, 0.6) is 0 Å². The zero-order valence-electron chi connectivity index (χ0n) is 11.1. The minimum Gasteiger partial charge on any atom is -0.330 e. The molecule has 2 aliphatic rings. The molecular formula is C13H19N3OS2. The summed E-state index contributed by atoms with van der Waals surface area (Å²) in [6, 6.07) is 0.0552. The van der Waals surface area contributed by atoms with Crippen LogP contribution >= 0.6 is 23.1 Å². The normalized spacial score (nSPS) is 21.2. The molecule has 1 aromatic rings. The molecule has 2 fully saturated rings. The lowest BCUT2D eigenvalue weighted by Crippen LogP contribution is -2.45. The molecule has 3 rings (SSSR count). The van der Waals surface area contributed by atoms with Gasteiger partial charge in [0.05, 0.1) is 16.7 Å². The zero-order chi connectivity index (χ0) is 13.2. The van der Waals surface area contributed by atoms with Gasteiger partial charge in [-0.05, 0) is 19.8 Å². The molecule has 104 valence electrons. The lowest BCUT2D eigenvalue weighted by molar-refractivity contribution is 0.199. The molecule has 2 heterocycles. The molecule has 19 heavy (non-hydrogen) atoms. The summed E-state index contributed by atoms with van der Waals surface area (Å²) < 4.78 is 0. The second-order valence-corrected chi connectivity index (χ2v) is 7.27. The Morgan fingerprint density at radius 3 is 2.89 bits per heavy atom. The van der Waals surface area contributed by atoms with Gasteiger partial charge < -0.3 is 10.2 Å². The van der Waals surface area contributed by atoms with Crippen molar-refractivity contribution in [2.45, 2.75) is 31.7 Å². The molecule has 1 aliphatic carbocycles. The van der Waals surface area contributed by atoms with Gasteiger partial charge in [0.25, 0.3) is 0 Å². The van der Waals surface area contributed by atoms with Crippen molar-refractivity contribution in [2.75, 3.05) is 24.6 Å². The van der Waals surface area contributed by atoms with Gasteiger partial charge in [0.1, 0.15) is 0 Å². The number of thiazole rings is 1. The average molecular weight is 297 g/mol. The molecule has 0 radical (unpaired) electrons. The van der Waals surface area contributed by atoms with Crippen molar-refractivity contribution in [3.63, 3.8) is 0 Å². The van der Waals surface area contributed by atoms with Crippen LogP contribution in [0.2, 0.25) is 0 Å². The maximum Gasteiger partial charge on any atom is 0.317 e. The standard InChI is InChI=1S/C13H19N3OS2/c1-9(11-8-19-12(15-11)10-2-3-10)14-13(17)16-4-6-18-7-5-16/h8-10H,2-7H2,1H3,(H,14,17). The first-order chi connectivity index (χ1) is 9.24. The SMILES string of the molecule is CC(NC(=O)N1CCSCC1)c1csc(C2CC2)n1. The van der Waals surface area contributed by atoms with Crippen LogP contribution in [-0.4, -0.2) is 40.5 Å². The number of hydrogen-bond acceptors (Lipinski definition) is 4. The molecule has 1 atom stereocenters. The molecule has 6 heteroatoms. The van der Waals surface area contributed by atoms with Crippen LogP contribution in [0, 0.1) is 0 Å². The predicted molar refractivity (Wildman–Crippen MR) is 79.9 cm³/mol. The van der Waals surface area contributed by atoms with Crippen LogP contribution < -0.4 is 5.32 Å². The molecule has 1 N–H and O–H groups in total. The first-order valence-corrected chi connectivity index (χ1v) is 8.86. The Balaban J connectivity index is 1.56. The monoisotopic (exact) mass is 297 g/mol. The van der Waals surface area contributed by atoms with Crippen molar-refractivity contribution >= 4 is 29.1 Å². The molecule has 4 nitrogen and oxygen atoms in total. The fraction of sp³-hybridized carbons (Fsp3) is 0.692. The van der Waals surface area contributed by atoms with E-state index in [0.29, 0.717) is 5.92 Å². The predicted octanol–water partition coefficient (Wildman–Crippen LogP) is 2.84. The summed E-state index contributed by atoms with van der Waals surface area (Å²) in [6.07, 6.45) is 2.55. The number of nitrogens with one attached hydrogen (secondary N) is 1. The third-order valence-electron chi connectivity index (χ3n) is 3.55. The van der Waals surface area contributed by atoms with E-state index in [1.165, 1.54) is 17.8 Å². The molecule has 1 aromatic heterocycles. The highest BCUT2D eigenvalue weighted by Gasteiger charge is 2.27. The van der Waals surface area contributed by atoms with E-state index in [0.717, 1.165) is 30.3 Å². The van der Waals surface area contributed by atoms with E-state index in [4.69, 9.17) is 0 Å². The Bertz CT molecular complexity index is 452. The largest absolute Gasteiger partial charge is 0.330 e. The number of aromatic nitrogens is 1. The van der Waals surface area contributed by atoms with Crippen molar-refractivity contribution in [3.05, 3.63) is 16.1 Å². The van der Waals surface area contributed by atoms with Crippen LogP contribution in [-0.2, 0) is 0 Å². The van der Waals surface area contributed by atoms with Gasteiger partial charge in [0.15, 0.2) is 0 Å². The summed E-state index contributed by atoms with van der Waals surface area (Å²) in [5.74, 6) is 2.79. The molecule has 1 saturated carbocycles. The first-order valence-electron chi connectivity index (χ1n) is 6.82. The smallest absolute Gasteiger partial charge is 0.317 e. The molecule has 1 unspecified atom stereocenters. The number of hydrogen-bond donors (Lipinski definition) is 1. The van der Waals surface area contributed by atoms with E-state index >= 15 is 0 Å². The van der Waals surface area contributed by atoms with E-state index in [1.807, 2.05) is 23.6 Å². The summed E-state index contributed by atoms with van der Waals surface area (Å²) in [5.41, 5.74) is 1.01. The number of carbonyl (C=O) groups is 1. The van der Waals surface area contributed by atoms with E-state index < -0.39 is 0 Å². The van der Waals surface area contributed by atoms with Crippen LogP contribution in [0.3, 0.4) is 0 Å². The van der Waals surface area contributed by atoms with Crippen LogP contribution in [0.1, 0.15) is 42.4 Å². The van der Waals surface area contributed by atoms with Gasteiger partial charge in [0.2, 0.25) is 0 Å². The summed E-state index contributed by atoms with van der Waals surface area (Å²) >= 11 is 3.64. The average Bonchev–Trinajstić information content (AvgIpc) is 3.17. The number of nitrogens with zero attached hydrogens (tertiary/aromatic N) is 2. The third-order valence-corrected chi connectivity index (χ3v) is 5.52. The van der Waals surface area contributed by atoms with Gasteiger partial charge in [-0.3, -0.25) is 0 Å². The van der Waals surface area contributed by atoms with Gasteiger partial charge in [-0.25, -0.2) is 9.78 Å². The lowest BCUT2D eigenvalue weighted by atomic mass is 10.2. The maximum absolute atomic E-state index is 12.1. The zero-order valence-corrected chi connectivity index (χ0v) is 12.7. The number of rotatable bonds is 3. The van der Waals surface area contributed by atoms with E-state index in [9.17, 15) is 4.79 Å². The minimum atomic E-state index is 0.00540. The number of urea groups is 1. The van der Waals surface area contributed by atoms with Crippen LogP contribution in [0.25, 0.3) is 0 Å². The van der Waals surface area contributed by atoms with Crippen molar-refractivity contribution in [3.8, 4) is 0 Å². The Hall–Kier alpha value is -0.750. The molecule has 0 aromatic carbocycles. The molecule has 0 bridgehead atoms. The molecule has 1 aliphatic heterocycles. The van der Waals surface area contributed by atoms with Crippen molar-refractivity contribution in [1.29, 1.82) is 0 Å². The van der Waals surface area contributed by atoms with Gasteiger partial charge >= 0.3 is 6.03 Å². The summed E-state index contributed by atoms with van der Waals surface area (Å²) in [4.78, 5) is 18.7. The van der Waals surface area contributed by atoms with E-state index in [-0.39, 0.29) is 12.1 Å². The Morgan fingerprint density at radius 2 is 2.21 bits per heavy atom. The Labute approximate surface area is 122 Å². The van der Waals surface area contributed by atoms with Crippen molar-refractivity contribution in [2.24, 2.45) is 0 Å². The first kappa shape index (κ1) is 13.2. The van der Waals surface area contributed by atoms with Crippen molar-refractivity contribution in [1.82, 2.24) is 15.2 Å².